The molecule has 1 aromatic carbocycles. The molecule has 0 radical (unpaired) electrons. The molecule has 0 bridgehead atoms. The number of nitrogens with two attached hydrogens (primary N) is 1. The van der Waals surface area contributed by atoms with Crippen molar-refractivity contribution < 1.29 is 4.79 Å². The first-order chi connectivity index (χ1) is 9.15. The molecule has 1 aromatic rings. The van der Waals surface area contributed by atoms with Crippen molar-refractivity contribution in [3.8, 4) is 0 Å². The highest BCUT2D eigenvalue weighted by Gasteiger charge is 2.60. The van der Waals surface area contributed by atoms with E-state index in [1.807, 2.05) is 24.3 Å². The highest BCUT2D eigenvalue weighted by atomic mass is 79.9. The lowest BCUT2D eigenvalue weighted by molar-refractivity contribution is -0.131. The van der Waals surface area contributed by atoms with Crippen molar-refractivity contribution in [1.29, 1.82) is 0 Å². The molecule has 4 heteroatoms. The van der Waals surface area contributed by atoms with Crippen LogP contribution in [0.15, 0.2) is 28.7 Å². The molecule has 1 amide bonds. The molecular weight excluding hydrogens is 316 g/mol. The third-order valence-corrected chi connectivity index (χ3v) is 5.20. The van der Waals surface area contributed by atoms with Crippen LogP contribution in [-0.4, -0.2) is 18.0 Å². The first kappa shape index (κ1) is 15.5. The molecule has 110 valence electrons. The molecule has 0 atom stereocenters. The van der Waals surface area contributed by atoms with Gasteiger partial charge < -0.3 is 11.1 Å². The van der Waals surface area contributed by atoms with E-state index in [-0.39, 0.29) is 28.8 Å². The predicted octanol–water partition coefficient (Wildman–Crippen LogP) is 2.87. The average molecular weight is 339 g/mol. The molecule has 0 spiro atoms. The van der Waals surface area contributed by atoms with Crippen LogP contribution < -0.4 is 11.1 Å². The van der Waals surface area contributed by atoms with Crippen LogP contribution in [0, 0.1) is 10.8 Å². The van der Waals surface area contributed by atoms with Crippen LogP contribution in [-0.2, 0) is 11.2 Å². The summed E-state index contributed by atoms with van der Waals surface area (Å²) in [6, 6.07) is 8.06. The van der Waals surface area contributed by atoms with Crippen molar-refractivity contribution in [2.24, 2.45) is 16.6 Å². The minimum Gasteiger partial charge on any atom is -0.352 e. The Hall–Kier alpha value is -0.870. The van der Waals surface area contributed by atoms with Crippen LogP contribution >= 0.6 is 15.9 Å². The van der Waals surface area contributed by atoms with Crippen molar-refractivity contribution in [2.75, 3.05) is 0 Å². The molecular formula is C16H23BrN2O. The van der Waals surface area contributed by atoms with Crippen molar-refractivity contribution in [1.82, 2.24) is 5.32 Å². The van der Waals surface area contributed by atoms with Crippen LogP contribution in [0.1, 0.15) is 33.3 Å². The fourth-order valence-corrected chi connectivity index (χ4v) is 3.82. The van der Waals surface area contributed by atoms with Crippen molar-refractivity contribution >= 4 is 21.8 Å². The number of hydrogen-bond donors (Lipinski definition) is 2. The SMILES string of the molecule is CC1(C)C(N)C(C)(C)C1NC(=O)Cc1ccc(Br)cc1. The van der Waals surface area contributed by atoms with Gasteiger partial charge in [0.25, 0.3) is 0 Å². The monoisotopic (exact) mass is 338 g/mol. The van der Waals surface area contributed by atoms with Crippen LogP contribution in [0.25, 0.3) is 0 Å². The van der Waals surface area contributed by atoms with Crippen LogP contribution in [0.2, 0.25) is 0 Å². The maximum absolute atomic E-state index is 12.2. The van der Waals surface area contributed by atoms with Gasteiger partial charge in [-0.25, -0.2) is 0 Å². The zero-order chi connectivity index (χ0) is 15.1. The van der Waals surface area contributed by atoms with E-state index in [0.29, 0.717) is 6.42 Å². The zero-order valence-corrected chi connectivity index (χ0v) is 14.1. The van der Waals surface area contributed by atoms with Gasteiger partial charge in [-0.3, -0.25) is 4.79 Å². The molecule has 0 aromatic heterocycles. The summed E-state index contributed by atoms with van der Waals surface area (Å²) < 4.78 is 1.02. The van der Waals surface area contributed by atoms with Gasteiger partial charge in [0.05, 0.1) is 6.42 Å². The van der Waals surface area contributed by atoms with Crippen molar-refractivity contribution in [2.45, 2.75) is 46.2 Å². The Morgan fingerprint density at radius 2 is 1.70 bits per heavy atom. The first-order valence-electron chi connectivity index (χ1n) is 6.95. The van der Waals surface area contributed by atoms with Gasteiger partial charge in [-0.2, -0.15) is 0 Å². The van der Waals surface area contributed by atoms with Crippen LogP contribution in [0.5, 0.6) is 0 Å². The van der Waals surface area contributed by atoms with Gasteiger partial charge in [-0.05, 0) is 17.7 Å². The summed E-state index contributed by atoms with van der Waals surface area (Å²) in [6.45, 7) is 8.47. The second-order valence-electron chi connectivity index (χ2n) is 6.92. The Morgan fingerprint density at radius 3 is 2.20 bits per heavy atom. The smallest absolute Gasteiger partial charge is 0.224 e. The summed E-state index contributed by atoms with van der Waals surface area (Å²) in [5.41, 5.74) is 7.12. The van der Waals surface area contributed by atoms with E-state index in [4.69, 9.17) is 5.73 Å². The second kappa shape index (κ2) is 5.15. The number of benzene rings is 1. The third-order valence-electron chi connectivity index (χ3n) is 4.67. The molecule has 2 rings (SSSR count). The molecule has 0 heterocycles. The number of nitrogens with one attached hydrogen (secondary N) is 1. The Kier molecular flexibility index (Phi) is 4.00. The normalized spacial score (nSPS) is 26.7. The van der Waals surface area contributed by atoms with Crippen molar-refractivity contribution in [3.05, 3.63) is 34.3 Å². The van der Waals surface area contributed by atoms with Crippen LogP contribution in [0.3, 0.4) is 0 Å². The van der Waals surface area contributed by atoms with Gasteiger partial charge in [0.1, 0.15) is 0 Å². The highest BCUT2D eigenvalue weighted by Crippen LogP contribution is 2.52. The van der Waals surface area contributed by atoms with Gasteiger partial charge in [0.2, 0.25) is 5.91 Å². The summed E-state index contributed by atoms with van der Waals surface area (Å²) in [4.78, 5) is 12.2. The first-order valence-corrected chi connectivity index (χ1v) is 7.74. The fraction of sp³-hybridized carbons (Fsp3) is 0.562. The van der Waals surface area contributed by atoms with E-state index >= 15 is 0 Å². The van der Waals surface area contributed by atoms with E-state index in [1.54, 1.807) is 0 Å². The quantitative estimate of drug-likeness (QED) is 0.890. The molecule has 1 saturated carbocycles. The van der Waals surface area contributed by atoms with E-state index in [0.717, 1.165) is 10.0 Å². The minimum absolute atomic E-state index is 0.0567. The Morgan fingerprint density at radius 1 is 1.20 bits per heavy atom. The van der Waals surface area contributed by atoms with Crippen LogP contribution in [0.4, 0.5) is 0 Å². The van der Waals surface area contributed by atoms with Gasteiger partial charge in [0.15, 0.2) is 0 Å². The molecule has 0 saturated heterocycles. The molecule has 3 N–H and O–H groups in total. The van der Waals surface area contributed by atoms with Crippen molar-refractivity contribution in [3.63, 3.8) is 0 Å². The lowest BCUT2D eigenvalue weighted by Crippen LogP contribution is -2.76. The summed E-state index contributed by atoms with van der Waals surface area (Å²) >= 11 is 3.39. The van der Waals surface area contributed by atoms with Gasteiger partial charge >= 0.3 is 0 Å². The van der Waals surface area contributed by atoms with Gasteiger partial charge in [-0.15, -0.1) is 0 Å². The number of carbonyl (C=O) groups is 1. The number of rotatable bonds is 3. The molecule has 3 nitrogen and oxygen atoms in total. The van der Waals surface area contributed by atoms with Gasteiger partial charge in [0, 0.05) is 27.4 Å². The minimum atomic E-state index is -0.0567. The molecule has 20 heavy (non-hydrogen) atoms. The summed E-state index contributed by atoms with van der Waals surface area (Å²) in [7, 11) is 0. The number of amides is 1. The Bertz CT molecular complexity index is 492. The molecule has 1 aliphatic carbocycles. The standard InChI is InChI=1S/C16H23BrN2O/c1-15(2)13(18)16(3,4)14(15)19-12(20)9-10-5-7-11(17)8-6-10/h5-8,13-14H,9,18H2,1-4H3,(H,19,20). The van der Waals surface area contributed by atoms with E-state index < -0.39 is 0 Å². The zero-order valence-electron chi connectivity index (χ0n) is 12.5. The lowest BCUT2D eigenvalue weighted by atomic mass is 9.48. The summed E-state index contributed by atoms with van der Waals surface area (Å²) in [6.07, 6.45) is 0.408. The van der Waals surface area contributed by atoms with Gasteiger partial charge in [-0.1, -0.05) is 55.8 Å². The summed E-state index contributed by atoms with van der Waals surface area (Å²) in [5.74, 6) is 0.0605. The van der Waals surface area contributed by atoms with E-state index in [9.17, 15) is 4.79 Å². The lowest BCUT2D eigenvalue weighted by Gasteiger charge is -2.62. The number of carbonyl (C=O) groups excluding carboxylic acids is 1. The maximum atomic E-state index is 12.2. The second-order valence-corrected chi connectivity index (χ2v) is 7.84. The molecule has 0 unspecified atom stereocenters. The number of halogens is 1. The van der Waals surface area contributed by atoms with E-state index in [2.05, 4.69) is 48.9 Å². The fourth-order valence-electron chi connectivity index (χ4n) is 3.55. The molecule has 0 aliphatic heterocycles. The topological polar surface area (TPSA) is 55.1 Å². The molecule has 1 fully saturated rings. The third kappa shape index (κ3) is 2.63. The largest absolute Gasteiger partial charge is 0.352 e. The van der Waals surface area contributed by atoms with E-state index in [1.165, 1.54) is 0 Å². The maximum Gasteiger partial charge on any atom is 0.224 e. The Balaban J connectivity index is 2.00. The molecule has 1 aliphatic rings. The number of hydrogen-bond acceptors (Lipinski definition) is 2. The highest BCUT2D eigenvalue weighted by molar-refractivity contribution is 9.10. The predicted molar refractivity (Wildman–Crippen MR) is 85.3 cm³/mol. The Labute approximate surface area is 129 Å². The average Bonchev–Trinajstić information content (AvgIpc) is 2.37. The summed E-state index contributed by atoms with van der Waals surface area (Å²) in [5, 5.41) is 3.16.